The molecular formula is C12H9FN2O2S. The normalized spacial score (nSPS) is 10.3. The lowest BCUT2D eigenvalue weighted by Crippen LogP contribution is -2.03. The summed E-state index contributed by atoms with van der Waals surface area (Å²) in [6.07, 6.45) is 1.41. The third-order valence-electron chi connectivity index (χ3n) is 2.11. The molecule has 0 saturated carbocycles. The first-order valence-corrected chi connectivity index (χ1v) is 6.07. The molecule has 1 N–H and O–H groups in total. The average molecular weight is 264 g/mol. The topological polar surface area (TPSA) is 63.1 Å². The number of benzene rings is 1. The average Bonchev–Trinajstić information content (AvgIpc) is 2.38. The van der Waals surface area contributed by atoms with E-state index < -0.39 is 5.97 Å². The van der Waals surface area contributed by atoms with Gasteiger partial charge in [-0.05, 0) is 30.3 Å². The summed E-state index contributed by atoms with van der Waals surface area (Å²) in [5.74, 6) is -0.495. The van der Waals surface area contributed by atoms with E-state index in [0.29, 0.717) is 11.6 Å². The molecule has 6 heteroatoms. The van der Waals surface area contributed by atoms with Gasteiger partial charge >= 0.3 is 5.97 Å². The predicted octanol–water partition coefficient (Wildman–Crippen LogP) is 2.61. The molecule has 4 nitrogen and oxygen atoms in total. The van der Waals surface area contributed by atoms with Gasteiger partial charge in [0.25, 0.3) is 0 Å². The van der Waals surface area contributed by atoms with E-state index in [4.69, 9.17) is 5.11 Å². The summed E-state index contributed by atoms with van der Waals surface area (Å²) in [5.41, 5.74) is -0.0280. The molecule has 1 heterocycles. The van der Waals surface area contributed by atoms with Crippen molar-refractivity contribution in [3.05, 3.63) is 53.9 Å². The molecule has 2 aromatic rings. The smallest absolute Gasteiger partial charge is 0.354 e. The van der Waals surface area contributed by atoms with Crippen LogP contribution in [0.1, 0.15) is 16.3 Å². The Morgan fingerprint density at radius 3 is 2.67 bits per heavy atom. The molecule has 0 aliphatic rings. The molecule has 0 bridgehead atoms. The molecular weight excluding hydrogens is 255 g/mol. The van der Waals surface area contributed by atoms with Crippen LogP contribution >= 0.6 is 11.8 Å². The summed E-state index contributed by atoms with van der Waals surface area (Å²) in [4.78, 5) is 19.5. The van der Waals surface area contributed by atoms with Crippen molar-refractivity contribution >= 4 is 17.7 Å². The Kier molecular flexibility index (Phi) is 3.88. The fourth-order valence-electron chi connectivity index (χ4n) is 1.27. The third kappa shape index (κ3) is 3.27. The summed E-state index contributed by atoms with van der Waals surface area (Å²) < 4.78 is 12.7. The predicted molar refractivity (Wildman–Crippen MR) is 65.0 cm³/mol. The lowest BCUT2D eigenvalue weighted by molar-refractivity contribution is 0.0690. The van der Waals surface area contributed by atoms with Gasteiger partial charge in [0.15, 0.2) is 5.69 Å². The highest BCUT2D eigenvalue weighted by Crippen LogP contribution is 2.21. The minimum atomic E-state index is -1.08. The number of aromatic carboxylic acids is 1. The first-order chi connectivity index (χ1) is 8.65. The largest absolute Gasteiger partial charge is 0.477 e. The van der Waals surface area contributed by atoms with Crippen LogP contribution in [-0.4, -0.2) is 21.0 Å². The number of halogens is 1. The van der Waals surface area contributed by atoms with Crippen molar-refractivity contribution in [2.75, 3.05) is 0 Å². The molecule has 18 heavy (non-hydrogen) atoms. The number of aromatic nitrogens is 2. The number of hydrogen-bond donors (Lipinski definition) is 1. The van der Waals surface area contributed by atoms with E-state index >= 15 is 0 Å². The number of hydrogen-bond acceptors (Lipinski definition) is 4. The molecule has 0 radical (unpaired) electrons. The van der Waals surface area contributed by atoms with Crippen LogP contribution in [0, 0.1) is 5.82 Å². The molecule has 1 aromatic carbocycles. The third-order valence-corrected chi connectivity index (χ3v) is 3.11. The van der Waals surface area contributed by atoms with Crippen molar-refractivity contribution in [3.8, 4) is 0 Å². The lowest BCUT2D eigenvalue weighted by atomic mass is 10.4. The van der Waals surface area contributed by atoms with Gasteiger partial charge in [0, 0.05) is 11.1 Å². The van der Waals surface area contributed by atoms with Crippen molar-refractivity contribution in [2.24, 2.45) is 0 Å². The molecule has 0 atom stereocenters. The Labute approximate surface area is 107 Å². The minimum Gasteiger partial charge on any atom is -0.477 e. The summed E-state index contributed by atoms with van der Waals surface area (Å²) in [6, 6.07) is 7.39. The molecule has 0 unspecified atom stereocenters. The standard InChI is InChI=1S/C12H9FN2O2S/c13-8-1-3-9(4-2-8)18-7-11-14-6-5-10(15-11)12(16)17/h1-6H,7H2,(H,16,17). The second-order valence-corrected chi connectivity index (χ2v) is 4.45. The zero-order valence-corrected chi connectivity index (χ0v) is 10.0. The molecule has 92 valence electrons. The van der Waals surface area contributed by atoms with E-state index in [-0.39, 0.29) is 11.5 Å². The van der Waals surface area contributed by atoms with Crippen LogP contribution in [0.15, 0.2) is 41.4 Å². The lowest BCUT2D eigenvalue weighted by Gasteiger charge is -2.01. The van der Waals surface area contributed by atoms with Crippen molar-refractivity contribution in [1.82, 2.24) is 9.97 Å². The van der Waals surface area contributed by atoms with Crippen LogP contribution in [0.4, 0.5) is 4.39 Å². The maximum Gasteiger partial charge on any atom is 0.354 e. The molecule has 0 fully saturated rings. The quantitative estimate of drug-likeness (QED) is 0.860. The SMILES string of the molecule is O=C(O)c1ccnc(CSc2ccc(F)cc2)n1. The monoisotopic (exact) mass is 264 g/mol. The highest BCUT2D eigenvalue weighted by Gasteiger charge is 2.06. The molecule has 0 aliphatic carbocycles. The van der Waals surface area contributed by atoms with Crippen molar-refractivity contribution in [3.63, 3.8) is 0 Å². The second kappa shape index (κ2) is 5.59. The fraction of sp³-hybridized carbons (Fsp3) is 0.0833. The van der Waals surface area contributed by atoms with E-state index in [1.165, 1.54) is 36.2 Å². The number of rotatable bonds is 4. The van der Waals surface area contributed by atoms with Crippen molar-refractivity contribution in [2.45, 2.75) is 10.6 Å². The Bertz CT molecular complexity index is 560. The van der Waals surface area contributed by atoms with Crippen LogP contribution < -0.4 is 0 Å². The first kappa shape index (κ1) is 12.5. The molecule has 0 amide bonds. The highest BCUT2D eigenvalue weighted by atomic mass is 32.2. The summed E-state index contributed by atoms with van der Waals surface area (Å²) in [6.45, 7) is 0. The van der Waals surface area contributed by atoms with E-state index in [1.807, 2.05) is 0 Å². The number of nitrogens with zero attached hydrogens (tertiary/aromatic N) is 2. The maximum atomic E-state index is 12.7. The zero-order chi connectivity index (χ0) is 13.0. The van der Waals surface area contributed by atoms with Gasteiger partial charge in [0.05, 0.1) is 5.75 Å². The van der Waals surface area contributed by atoms with Crippen LogP contribution in [-0.2, 0) is 5.75 Å². The molecule has 0 saturated heterocycles. The molecule has 0 spiro atoms. The van der Waals surface area contributed by atoms with Gasteiger partial charge < -0.3 is 5.11 Å². The van der Waals surface area contributed by atoms with Crippen LogP contribution in [0.2, 0.25) is 0 Å². The van der Waals surface area contributed by atoms with E-state index in [2.05, 4.69) is 9.97 Å². The van der Waals surface area contributed by atoms with E-state index in [0.717, 1.165) is 4.90 Å². The Morgan fingerprint density at radius 1 is 1.28 bits per heavy atom. The van der Waals surface area contributed by atoms with Gasteiger partial charge in [-0.1, -0.05) is 0 Å². The zero-order valence-electron chi connectivity index (χ0n) is 9.21. The van der Waals surface area contributed by atoms with Crippen LogP contribution in [0.25, 0.3) is 0 Å². The number of carboxylic acid groups (broad SMARTS) is 1. The Morgan fingerprint density at radius 2 is 2.00 bits per heavy atom. The summed E-state index contributed by atoms with van der Waals surface area (Å²) in [5, 5.41) is 8.79. The van der Waals surface area contributed by atoms with E-state index in [9.17, 15) is 9.18 Å². The van der Waals surface area contributed by atoms with Crippen molar-refractivity contribution in [1.29, 1.82) is 0 Å². The Hall–Kier alpha value is -1.95. The number of carbonyl (C=O) groups is 1. The summed E-state index contributed by atoms with van der Waals surface area (Å²) in [7, 11) is 0. The van der Waals surface area contributed by atoms with Gasteiger partial charge in [-0.25, -0.2) is 19.2 Å². The van der Waals surface area contributed by atoms with Gasteiger partial charge in [-0.2, -0.15) is 0 Å². The number of carboxylic acids is 1. The molecule has 0 aliphatic heterocycles. The maximum absolute atomic E-state index is 12.7. The van der Waals surface area contributed by atoms with Crippen LogP contribution in [0.3, 0.4) is 0 Å². The minimum absolute atomic E-state index is 0.0280. The van der Waals surface area contributed by atoms with Crippen LogP contribution in [0.5, 0.6) is 0 Å². The van der Waals surface area contributed by atoms with Gasteiger partial charge in [-0.15, -0.1) is 11.8 Å². The number of thioether (sulfide) groups is 1. The first-order valence-electron chi connectivity index (χ1n) is 5.09. The van der Waals surface area contributed by atoms with Crippen molar-refractivity contribution < 1.29 is 14.3 Å². The van der Waals surface area contributed by atoms with Gasteiger partial charge in [0.2, 0.25) is 0 Å². The highest BCUT2D eigenvalue weighted by molar-refractivity contribution is 7.98. The molecule has 2 rings (SSSR count). The van der Waals surface area contributed by atoms with Gasteiger partial charge in [-0.3, -0.25) is 0 Å². The molecule has 1 aromatic heterocycles. The Balaban J connectivity index is 2.04. The second-order valence-electron chi connectivity index (χ2n) is 3.41. The van der Waals surface area contributed by atoms with Gasteiger partial charge in [0.1, 0.15) is 11.6 Å². The summed E-state index contributed by atoms with van der Waals surface area (Å²) >= 11 is 1.42. The fourth-order valence-corrected chi connectivity index (χ4v) is 2.03. The van der Waals surface area contributed by atoms with E-state index in [1.54, 1.807) is 12.1 Å².